The van der Waals surface area contributed by atoms with Crippen molar-refractivity contribution in [3.05, 3.63) is 6.33 Å². The Morgan fingerprint density at radius 2 is 2.67 bits per heavy atom. The minimum atomic E-state index is -0.180. The second-order valence-corrected chi connectivity index (χ2v) is 1.47. The maximum atomic E-state index is 10.3. The molecule has 5 nitrogen and oxygen atoms in total. The third-order valence-electron chi connectivity index (χ3n) is 0.669. The summed E-state index contributed by atoms with van der Waals surface area (Å²) in [7, 11) is 0. The summed E-state index contributed by atoms with van der Waals surface area (Å²) in [5.41, 5.74) is 0. The number of amides is 1. The Morgan fingerprint density at radius 1 is 1.89 bits per heavy atom. The largest absolute Gasteiger partial charge is 0.304 e. The second kappa shape index (κ2) is 2.25. The van der Waals surface area contributed by atoms with Gasteiger partial charge in [-0.05, 0) is 0 Å². The summed E-state index contributed by atoms with van der Waals surface area (Å²) in [4.78, 5) is 12.8. The zero-order chi connectivity index (χ0) is 6.69. The highest BCUT2D eigenvalue weighted by molar-refractivity contribution is 5.86. The van der Waals surface area contributed by atoms with Gasteiger partial charge in [-0.15, -0.1) is 10.2 Å². The van der Waals surface area contributed by atoms with E-state index in [4.69, 9.17) is 0 Å². The number of nitrogens with zero attached hydrogens (tertiary/aromatic N) is 2. The summed E-state index contributed by atoms with van der Waals surface area (Å²) >= 11 is 0. The van der Waals surface area contributed by atoms with E-state index in [1.165, 1.54) is 6.92 Å². The van der Waals surface area contributed by atoms with E-state index >= 15 is 0 Å². The van der Waals surface area contributed by atoms with Crippen LogP contribution in [-0.4, -0.2) is 21.1 Å². The van der Waals surface area contributed by atoms with Gasteiger partial charge in [-0.25, -0.2) is 0 Å². The van der Waals surface area contributed by atoms with Crippen LogP contribution < -0.4 is 5.32 Å². The molecule has 1 aromatic heterocycles. The van der Waals surface area contributed by atoms with Crippen molar-refractivity contribution in [2.45, 2.75) is 6.92 Å². The van der Waals surface area contributed by atoms with Gasteiger partial charge in [-0.3, -0.25) is 10.1 Å². The lowest BCUT2D eigenvalue weighted by atomic mass is 10.7. The van der Waals surface area contributed by atoms with Crippen LogP contribution in [-0.2, 0) is 4.79 Å². The van der Waals surface area contributed by atoms with Crippen molar-refractivity contribution in [2.75, 3.05) is 5.32 Å². The first-order chi connectivity index (χ1) is 4.29. The van der Waals surface area contributed by atoms with Crippen LogP contribution in [0.25, 0.3) is 0 Å². The van der Waals surface area contributed by atoms with E-state index in [0.29, 0.717) is 5.95 Å². The molecule has 0 atom stereocenters. The Bertz CT molecular complexity index is 192. The van der Waals surface area contributed by atoms with Gasteiger partial charge in [-0.1, -0.05) is 0 Å². The van der Waals surface area contributed by atoms with Gasteiger partial charge < -0.3 is 4.98 Å². The highest BCUT2D eigenvalue weighted by atomic mass is 16.1. The Balaban J connectivity index is 2.58. The minimum Gasteiger partial charge on any atom is -0.304 e. The fraction of sp³-hybridized carbons (Fsp3) is 0.250. The predicted molar refractivity (Wildman–Crippen MR) is 29.5 cm³/mol. The molecule has 0 fully saturated rings. The van der Waals surface area contributed by atoms with Crippen molar-refractivity contribution in [3.8, 4) is 0 Å². The average molecular weight is 125 g/mol. The SMILES string of the molecule is CC(=O)Nc1nn[c][nH]1. The third-order valence-corrected chi connectivity index (χ3v) is 0.669. The Labute approximate surface area is 51.5 Å². The van der Waals surface area contributed by atoms with Gasteiger partial charge in [0.1, 0.15) is 0 Å². The van der Waals surface area contributed by atoms with E-state index in [2.05, 4.69) is 26.8 Å². The molecule has 1 aromatic rings. The fourth-order valence-electron chi connectivity index (χ4n) is 0.401. The van der Waals surface area contributed by atoms with Crippen LogP contribution in [0.15, 0.2) is 0 Å². The molecule has 0 aliphatic heterocycles. The molecule has 9 heavy (non-hydrogen) atoms. The highest BCUT2D eigenvalue weighted by Crippen LogP contribution is 1.89. The molecule has 0 aliphatic carbocycles. The lowest BCUT2D eigenvalue weighted by molar-refractivity contribution is -0.114. The molecule has 0 saturated carbocycles. The van der Waals surface area contributed by atoms with E-state index in [0.717, 1.165) is 0 Å². The van der Waals surface area contributed by atoms with Crippen molar-refractivity contribution in [3.63, 3.8) is 0 Å². The summed E-state index contributed by atoms with van der Waals surface area (Å²) in [6.45, 7) is 1.39. The quantitative estimate of drug-likeness (QED) is 0.534. The standard InChI is InChI=1S/C4H5N4O/c1-3(9)7-4-5-2-6-8-4/h1H3,(H2,5,6,7,8,9). The number of aromatic nitrogens is 3. The number of hydrogen-bond donors (Lipinski definition) is 2. The number of aromatic amines is 1. The average Bonchev–Trinajstić information content (AvgIpc) is 2.15. The normalized spacial score (nSPS) is 9.00. The molecule has 0 spiro atoms. The molecule has 0 bridgehead atoms. The minimum absolute atomic E-state index is 0.180. The van der Waals surface area contributed by atoms with E-state index in [9.17, 15) is 4.79 Å². The molecule has 0 aliphatic rings. The summed E-state index contributed by atoms with van der Waals surface area (Å²) in [5.74, 6) is 0.141. The number of carbonyl (C=O) groups excluding carboxylic acids is 1. The fourth-order valence-corrected chi connectivity index (χ4v) is 0.401. The smallest absolute Gasteiger partial charge is 0.228 e. The Hall–Kier alpha value is -1.39. The Kier molecular flexibility index (Phi) is 1.44. The third kappa shape index (κ3) is 1.52. The Morgan fingerprint density at radius 3 is 3.11 bits per heavy atom. The summed E-state index contributed by atoms with van der Waals surface area (Å²) in [6.07, 6.45) is 2.33. The molecule has 1 rings (SSSR count). The molecule has 0 unspecified atom stereocenters. The first-order valence-electron chi connectivity index (χ1n) is 2.35. The van der Waals surface area contributed by atoms with E-state index in [1.54, 1.807) is 0 Å². The molecular weight excluding hydrogens is 120 g/mol. The van der Waals surface area contributed by atoms with Crippen molar-refractivity contribution in [1.82, 2.24) is 15.2 Å². The number of carbonyl (C=O) groups is 1. The van der Waals surface area contributed by atoms with Crippen LogP contribution in [0, 0.1) is 6.33 Å². The van der Waals surface area contributed by atoms with Gasteiger partial charge in [0.25, 0.3) is 0 Å². The van der Waals surface area contributed by atoms with Gasteiger partial charge in [0, 0.05) is 6.92 Å². The van der Waals surface area contributed by atoms with Gasteiger partial charge in [0.15, 0.2) is 0 Å². The van der Waals surface area contributed by atoms with Crippen molar-refractivity contribution < 1.29 is 4.79 Å². The van der Waals surface area contributed by atoms with Crippen LogP contribution in [0.2, 0.25) is 0 Å². The van der Waals surface area contributed by atoms with Crippen molar-refractivity contribution in [1.29, 1.82) is 0 Å². The number of rotatable bonds is 1. The zero-order valence-electron chi connectivity index (χ0n) is 4.80. The molecule has 1 amide bonds. The van der Waals surface area contributed by atoms with E-state index in [1.807, 2.05) is 0 Å². The summed E-state index contributed by atoms with van der Waals surface area (Å²) in [5, 5.41) is 9.18. The van der Waals surface area contributed by atoms with Gasteiger partial charge in [-0.2, -0.15) is 0 Å². The zero-order valence-corrected chi connectivity index (χ0v) is 4.80. The second-order valence-electron chi connectivity index (χ2n) is 1.47. The van der Waals surface area contributed by atoms with Crippen LogP contribution in [0.4, 0.5) is 5.95 Å². The molecular formula is C4H5N4O. The van der Waals surface area contributed by atoms with E-state index < -0.39 is 0 Å². The van der Waals surface area contributed by atoms with Crippen LogP contribution in [0.5, 0.6) is 0 Å². The number of nitrogens with one attached hydrogen (secondary N) is 2. The number of anilines is 1. The first-order valence-corrected chi connectivity index (χ1v) is 2.35. The predicted octanol–water partition coefficient (Wildman–Crippen LogP) is -0.437. The molecule has 5 heteroatoms. The summed E-state index contributed by atoms with van der Waals surface area (Å²) < 4.78 is 0. The van der Waals surface area contributed by atoms with Gasteiger partial charge in [0.2, 0.25) is 18.2 Å². The molecule has 0 aromatic carbocycles. The van der Waals surface area contributed by atoms with Crippen LogP contribution >= 0.6 is 0 Å². The first kappa shape index (κ1) is 5.74. The number of hydrogen-bond acceptors (Lipinski definition) is 3. The highest BCUT2D eigenvalue weighted by Gasteiger charge is 1.94. The summed E-state index contributed by atoms with van der Waals surface area (Å²) in [6, 6.07) is 0. The van der Waals surface area contributed by atoms with Crippen molar-refractivity contribution >= 4 is 11.9 Å². The molecule has 2 N–H and O–H groups in total. The topological polar surface area (TPSA) is 70.7 Å². The van der Waals surface area contributed by atoms with Gasteiger partial charge >= 0.3 is 0 Å². The van der Waals surface area contributed by atoms with E-state index in [-0.39, 0.29) is 5.91 Å². The molecule has 1 heterocycles. The molecule has 47 valence electrons. The lowest BCUT2D eigenvalue weighted by Crippen LogP contribution is -2.06. The van der Waals surface area contributed by atoms with Gasteiger partial charge in [0.05, 0.1) is 0 Å². The van der Waals surface area contributed by atoms with Crippen LogP contribution in [0.3, 0.4) is 0 Å². The van der Waals surface area contributed by atoms with Crippen LogP contribution in [0.1, 0.15) is 6.92 Å². The monoisotopic (exact) mass is 125 g/mol. The maximum Gasteiger partial charge on any atom is 0.228 e. The van der Waals surface area contributed by atoms with Crippen molar-refractivity contribution in [2.24, 2.45) is 0 Å². The molecule has 0 saturated heterocycles. The maximum absolute atomic E-state index is 10.3. The molecule has 1 radical (unpaired) electrons. The number of H-pyrrole nitrogens is 1. The lowest BCUT2D eigenvalue weighted by Gasteiger charge is -1.90.